The molecule has 4 rings (SSSR count). The molecule has 2 amide bonds. The van der Waals surface area contributed by atoms with Crippen LogP contribution in [-0.4, -0.2) is 28.5 Å². The van der Waals surface area contributed by atoms with Gasteiger partial charge in [0.2, 0.25) is 0 Å². The molecule has 1 atom stereocenters. The van der Waals surface area contributed by atoms with Crippen LogP contribution in [0.4, 0.5) is 13.2 Å². The number of benzene rings is 2. The summed E-state index contributed by atoms with van der Waals surface area (Å²) in [6.07, 6.45) is -3.69. The van der Waals surface area contributed by atoms with Crippen LogP contribution in [0.15, 0.2) is 42.5 Å². The van der Waals surface area contributed by atoms with E-state index in [9.17, 15) is 22.8 Å². The number of carbonyl (C=O) groups excluding carboxylic acids is 2. The molecule has 3 N–H and O–H groups in total. The van der Waals surface area contributed by atoms with Gasteiger partial charge < -0.3 is 15.6 Å². The Morgan fingerprint density at radius 2 is 1.85 bits per heavy atom. The highest BCUT2D eigenvalue weighted by atomic mass is 35.5. The second-order valence-corrected chi connectivity index (χ2v) is 8.60. The number of nitrogens with one attached hydrogen (secondary N) is 3. The Labute approximate surface area is 195 Å². The van der Waals surface area contributed by atoms with Gasteiger partial charge in [0, 0.05) is 15.9 Å². The number of amides is 2. The number of fused-ring (bicyclic) bond motifs is 1. The van der Waals surface area contributed by atoms with Gasteiger partial charge in [0.05, 0.1) is 16.7 Å². The Hall–Kier alpha value is -3.22. The van der Waals surface area contributed by atoms with Gasteiger partial charge in [0.1, 0.15) is 11.2 Å². The maximum absolute atomic E-state index is 13.6. The van der Waals surface area contributed by atoms with Crippen LogP contribution in [0.5, 0.6) is 0 Å². The minimum atomic E-state index is -4.76. The zero-order chi connectivity index (χ0) is 24.0. The van der Waals surface area contributed by atoms with Crippen molar-refractivity contribution in [3.63, 3.8) is 0 Å². The number of rotatable bonds is 5. The predicted octanol–water partition coefficient (Wildman–Crippen LogP) is 5.29. The number of hydrogen-bond acceptors (Lipinski definition) is 3. The van der Waals surface area contributed by atoms with E-state index in [1.807, 2.05) is 11.4 Å². The normalized spacial score (nSPS) is 15.5. The van der Waals surface area contributed by atoms with E-state index in [-0.39, 0.29) is 26.9 Å². The quantitative estimate of drug-likeness (QED) is 0.449. The van der Waals surface area contributed by atoms with E-state index in [0.717, 1.165) is 6.07 Å². The summed E-state index contributed by atoms with van der Waals surface area (Å²) < 4.78 is 40.9. The lowest BCUT2D eigenvalue weighted by Gasteiger charge is -2.22. The lowest BCUT2D eigenvalue weighted by Crippen LogP contribution is -2.38. The molecule has 3 aromatic rings. The van der Waals surface area contributed by atoms with E-state index in [2.05, 4.69) is 10.3 Å². The average Bonchev–Trinajstić information content (AvgIpc) is 3.39. The number of H-pyrrole nitrogens is 1. The molecular formula is C22H15Cl2F3N4O2. The van der Waals surface area contributed by atoms with E-state index in [1.165, 1.54) is 36.4 Å². The fourth-order valence-corrected chi connectivity index (χ4v) is 3.82. The van der Waals surface area contributed by atoms with Crippen LogP contribution >= 0.6 is 23.2 Å². The fraction of sp³-hybridized carbons (Fsp3) is 0.227. The summed E-state index contributed by atoms with van der Waals surface area (Å²) in [7, 11) is 0. The summed E-state index contributed by atoms with van der Waals surface area (Å²) in [5, 5.41) is 14.3. The van der Waals surface area contributed by atoms with Crippen molar-refractivity contribution in [2.24, 2.45) is 0 Å². The van der Waals surface area contributed by atoms with Gasteiger partial charge in [0.25, 0.3) is 11.8 Å². The summed E-state index contributed by atoms with van der Waals surface area (Å²) in [4.78, 5) is 27.9. The Balaban J connectivity index is 1.60. The monoisotopic (exact) mass is 494 g/mol. The van der Waals surface area contributed by atoms with Crippen LogP contribution in [0.3, 0.4) is 0 Å². The Kier molecular flexibility index (Phi) is 5.76. The minimum absolute atomic E-state index is 0.0645. The summed E-state index contributed by atoms with van der Waals surface area (Å²) >= 11 is 12.0. The molecule has 1 aromatic heterocycles. The number of aromatic nitrogens is 1. The summed E-state index contributed by atoms with van der Waals surface area (Å²) in [5.41, 5.74) is -0.817. The molecule has 170 valence electrons. The summed E-state index contributed by atoms with van der Waals surface area (Å²) in [5.74, 6) is -1.55. The smallest absolute Gasteiger partial charge is 0.350 e. The largest absolute Gasteiger partial charge is 0.412 e. The highest BCUT2D eigenvalue weighted by molar-refractivity contribution is 6.34. The number of aromatic amines is 1. The number of nitriles is 1. The summed E-state index contributed by atoms with van der Waals surface area (Å²) in [6.45, 7) is 0. The van der Waals surface area contributed by atoms with Gasteiger partial charge in [0.15, 0.2) is 6.04 Å². The van der Waals surface area contributed by atoms with Gasteiger partial charge in [-0.2, -0.15) is 18.4 Å². The van der Waals surface area contributed by atoms with Gasteiger partial charge in [-0.1, -0.05) is 35.3 Å². The number of alkyl halides is 3. The lowest BCUT2D eigenvalue weighted by atomic mass is 10.1. The van der Waals surface area contributed by atoms with Crippen molar-refractivity contribution in [1.29, 1.82) is 5.26 Å². The minimum Gasteiger partial charge on any atom is -0.350 e. The van der Waals surface area contributed by atoms with Crippen LogP contribution in [-0.2, 0) is 0 Å². The number of carbonyl (C=O) groups is 2. The molecule has 0 radical (unpaired) electrons. The van der Waals surface area contributed by atoms with Crippen molar-refractivity contribution in [2.45, 2.75) is 30.6 Å². The third kappa shape index (κ3) is 4.77. The first-order valence-corrected chi connectivity index (χ1v) is 10.5. The molecule has 1 fully saturated rings. The molecule has 0 aliphatic heterocycles. The molecule has 1 unspecified atom stereocenters. The van der Waals surface area contributed by atoms with Crippen molar-refractivity contribution < 1.29 is 22.8 Å². The van der Waals surface area contributed by atoms with E-state index >= 15 is 0 Å². The van der Waals surface area contributed by atoms with E-state index in [0.29, 0.717) is 23.7 Å². The topological polar surface area (TPSA) is 97.8 Å². The van der Waals surface area contributed by atoms with E-state index in [1.54, 1.807) is 0 Å². The average molecular weight is 495 g/mol. The summed E-state index contributed by atoms with van der Waals surface area (Å²) in [6, 6.07) is 9.02. The van der Waals surface area contributed by atoms with Crippen LogP contribution in [0.2, 0.25) is 10.0 Å². The molecule has 1 saturated carbocycles. The second kappa shape index (κ2) is 8.28. The molecule has 0 spiro atoms. The molecule has 6 nitrogen and oxygen atoms in total. The Bertz CT molecular complexity index is 1310. The van der Waals surface area contributed by atoms with Gasteiger partial charge >= 0.3 is 6.18 Å². The zero-order valence-electron chi connectivity index (χ0n) is 16.7. The third-order valence-corrected chi connectivity index (χ3v) is 5.85. The maximum atomic E-state index is 13.6. The molecule has 1 aliphatic rings. The van der Waals surface area contributed by atoms with E-state index in [4.69, 9.17) is 28.5 Å². The third-order valence-electron chi connectivity index (χ3n) is 5.30. The van der Waals surface area contributed by atoms with Gasteiger partial charge in [-0.25, -0.2) is 0 Å². The fourth-order valence-electron chi connectivity index (χ4n) is 3.37. The van der Waals surface area contributed by atoms with Gasteiger partial charge in [-0.15, -0.1) is 0 Å². The first-order chi connectivity index (χ1) is 15.5. The molecule has 11 heteroatoms. The lowest BCUT2D eigenvalue weighted by molar-refractivity contribution is -0.155. The van der Waals surface area contributed by atoms with Crippen molar-refractivity contribution >= 4 is 45.9 Å². The van der Waals surface area contributed by atoms with Crippen molar-refractivity contribution in [1.82, 2.24) is 15.6 Å². The molecule has 33 heavy (non-hydrogen) atoms. The molecule has 1 aliphatic carbocycles. The van der Waals surface area contributed by atoms with Crippen LogP contribution < -0.4 is 10.6 Å². The molecule has 2 aromatic carbocycles. The zero-order valence-corrected chi connectivity index (χ0v) is 18.2. The van der Waals surface area contributed by atoms with Crippen molar-refractivity contribution in [2.75, 3.05) is 0 Å². The highest BCUT2D eigenvalue weighted by Crippen LogP contribution is 2.36. The molecule has 0 bridgehead atoms. The second-order valence-electron chi connectivity index (χ2n) is 7.75. The number of nitrogens with zero attached hydrogens (tertiary/aromatic N) is 1. The molecule has 0 saturated heterocycles. The Morgan fingerprint density at radius 3 is 2.45 bits per heavy atom. The van der Waals surface area contributed by atoms with Crippen LogP contribution in [0.1, 0.15) is 45.3 Å². The Morgan fingerprint density at radius 1 is 1.12 bits per heavy atom. The number of halogens is 5. The molecular weight excluding hydrogens is 480 g/mol. The predicted molar refractivity (Wildman–Crippen MR) is 116 cm³/mol. The molecule has 1 heterocycles. The maximum Gasteiger partial charge on any atom is 0.412 e. The van der Waals surface area contributed by atoms with Crippen LogP contribution in [0, 0.1) is 11.3 Å². The SMILES string of the molecule is N#CC1(NC(=O)c2cc3cc(C(=O)NC(c4cccc(Cl)c4)C(F)(F)F)[nH]c3cc2Cl)CC1. The van der Waals surface area contributed by atoms with E-state index < -0.39 is 29.6 Å². The highest BCUT2D eigenvalue weighted by Gasteiger charge is 2.45. The first-order valence-electron chi connectivity index (χ1n) is 9.70. The standard InChI is InChI=1S/C22H15Cl2F3N4O2/c23-13-3-1-2-11(6-13)18(22(25,26)27)30-20(33)17-8-12-7-14(15(24)9-16(12)29-17)19(32)31-21(10-28)4-5-21/h1-3,6-9,18,29H,4-5H2,(H,30,33)(H,31,32). The van der Waals surface area contributed by atoms with Gasteiger partial charge in [-0.05, 0) is 48.7 Å². The van der Waals surface area contributed by atoms with Gasteiger partial charge in [-0.3, -0.25) is 9.59 Å². The first kappa shape index (κ1) is 23.0. The van der Waals surface area contributed by atoms with Crippen molar-refractivity contribution in [3.05, 3.63) is 69.3 Å². The number of hydrogen-bond donors (Lipinski definition) is 3. The van der Waals surface area contributed by atoms with Crippen LogP contribution in [0.25, 0.3) is 10.9 Å². The van der Waals surface area contributed by atoms with Crippen molar-refractivity contribution in [3.8, 4) is 6.07 Å².